The number of halogens is 2. The maximum absolute atomic E-state index is 12.6. The number of benzene rings is 3. The summed E-state index contributed by atoms with van der Waals surface area (Å²) in [6.45, 7) is 6.38. The van der Waals surface area contributed by atoms with E-state index in [0.29, 0.717) is 38.3 Å². The van der Waals surface area contributed by atoms with Crippen LogP contribution in [0.15, 0.2) is 83.3 Å². The number of anilines is 2. The number of carbonyl (C=O) groups is 2. The van der Waals surface area contributed by atoms with Crippen LogP contribution < -0.4 is 10.6 Å². The Kier molecular flexibility index (Phi) is 7.01. The summed E-state index contributed by atoms with van der Waals surface area (Å²) in [5.74, 6) is -0.00390. The fraction of sp³-hybridized carbons (Fsp3) is 0.143. The summed E-state index contributed by atoms with van der Waals surface area (Å²) in [5, 5.41) is 6.59. The molecule has 0 spiro atoms. The van der Waals surface area contributed by atoms with Crippen LogP contribution in [-0.2, 0) is 5.41 Å². The minimum Gasteiger partial charge on any atom is -0.451 e. The van der Waals surface area contributed by atoms with Gasteiger partial charge in [-0.15, -0.1) is 0 Å². The van der Waals surface area contributed by atoms with Gasteiger partial charge in [-0.05, 0) is 77.7 Å². The van der Waals surface area contributed by atoms with Crippen LogP contribution in [0.4, 0.5) is 11.4 Å². The van der Waals surface area contributed by atoms with Crippen LogP contribution in [0.3, 0.4) is 0 Å². The van der Waals surface area contributed by atoms with Crippen molar-refractivity contribution in [1.82, 2.24) is 0 Å². The van der Waals surface area contributed by atoms with E-state index in [1.807, 2.05) is 24.3 Å². The lowest BCUT2D eigenvalue weighted by Gasteiger charge is -2.19. The third-order valence-electron chi connectivity index (χ3n) is 5.44. The van der Waals surface area contributed by atoms with Gasteiger partial charge in [-0.2, -0.15) is 0 Å². The molecule has 2 N–H and O–H groups in total. The molecule has 0 radical (unpaired) electrons. The van der Waals surface area contributed by atoms with Crippen molar-refractivity contribution in [3.05, 3.63) is 106 Å². The van der Waals surface area contributed by atoms with Gasteiger partial charge >= 0.3 is 0 Å². The lowest BCUT2D eigenvalue weighted by molar-refractivity contribution is 0.0995. The lowest BCUT2D eigenvalue weighted by atomic mass is 9.87. The summed E-state index contributed by atoms with van der Waals surface area (Å²) < 4.78 is 5.68. The number of rotatable bonds is 5. The second-order valence-electron chi connectivity index (χ2n) is 9.10. The number of nitrogens with one attached hydrogen (secondary N) is 2. The first-order chi connectivity index (χ1) is 16.6. The van der Waals surface area contributed by atoms with Crippen LogP contribution >= 0.6 is 23.2 Å². The summed E-state index contributed by atoms with van der Waals surface area (Å²) in [5.41, 5.74) is 3.58. The zero-order chi connectivity index (χ0) is 25.2. The monoisotopic (exact) mass is 506 g/mol. The Bertz CT molecular complexity index is 1370. The predicted octanol–water partition coefficient (Wildman–Crippen LogP) is 8.06. The zero-order valence-electron chi connectivity index (χ0n) is 19.5. The summed E-state index contributed by atoms with van der Waals surface area (Å²) in [4.78, 5) is 25.2. The molecule has 178 valence electrons. The van der Waals surface area contributed by atoms with E-state index in [-0.39, 0.29) is 17.1 Å². The van der Waals surface area contributed by atoms with Gasteiger partial charge in [0.05, 0.1) is 5.02 Å². The van der Waals surface area contributed by atoms with Crippen molar-refractivity contribution in [2.75, 3.05) is 10.6 Å². The second kappa shape index (κ2) is 9.98. The molecule has 7 heteroatoms. The van der Waals surface area contributed by atoms with Gasteiger partial charge in [0.1, 0.15) is 5.76 Å². The van der Waals surface area contributed by atoms with E-state index < -0.39 is 5.91 Å². The number of hydrogen-bond acceptors (Lipinski definition) is 3. The van der Waals surface area contributed by atoms with Crippen LogP contribution in [0.1, 0.15) is 47.2 Å². The van der Waals surface area contributed by atoms with Gasteiger partial charge in [0.2, 0.25) is 0 Å². The Morgan fingerprint density at radius 2 is 1.34 bits per heavy atom. The Morgan fingerprint density at radius 1 is 0.743 bits per heavy atom. The van der Waals surface area contributed by atoms with Crippen LogP contribution in [-0.4, -0.2) is 11.8 Å². The fourth-order valence-corrected chi connectivity index (χ4v) is 3.95. The molecule has 4 aromatic rings. The molecule has 0 bridgehead atoms. The van der Waals surface area contributed by atoms with E-state index in [9.17, 15) is 9.59 Å². The van der Waals surface area contributed by atoms with Crippen LogP contribution in [0.25, 0.3) is 11.3 Å². The number of hydrogen-bond donors (Lipinski definition) is 2. The molecular weight excluding hydrogens is 483 g/mol. The second-order valence-corrected chi connectivity index (χ2v) is 9.94. The Morgan fingerprint density at radius 3 is 1.91 bits per heavy atom. The van der Waals surface area contributed by atoms with Crippen LogP contribution in [0, 0.1) is 0 Å². The predicted molar refractivity (Wildman–Crippen MR) is 142 cm³/mol. The summed E-state index contributed by atoms with van der Waals surface area (Å²) >= 11 is 12.2. The maximum Gasteiger partial charge on any atom is 0.291 e. The molecule has 35 heavy (non-hydrogen) atoms. The number of amides is 2. The highest BCUT2D eigenvalue weighted by Crippen LogP contribution is 2.31. The topological polar surface area (TPSA) is 71.3 Å². The zero-order valence-corrected chi connectivity index (χ0v) is 21.0. The van der Waals surface area contributed by atoms with Crippen molar-refractivity contribution in [3.8, 4) is 11.3 Å². The minimum atomic E-state index is -0.406. The Labute approximate surface area is 214 Å². The Hall–Kier alpha value is -3.54. The number of carbonyl (C=O) groups excluding carboxylic acids is 2. The average molecular weight is 507 g/mol. The van der Waals surface area contributed by atoms with Crippen molar-refractivity contribution >= 4 is 46.4 Å². The van der Waals surface area contributed by atoms with Gasteiger partial charge in [-0.25, -0.2) is 0 Å². The molecule has 0 atom stereocenters. The third kappa shape index (κ3) is 5.94. The lowest BCUT2D eigenvalue weighted by Crippen LogP contribution is -2.14. The maximum atomic E-state index is 12.6. The van der Waals surface area contributed by atoms with Gasteiger partial charge in [0.25, 0.3) is 11.8 Å². The smallest absolute Gasteiger partial charge is 0.291 e. The van der Waals surface area contributed by atoms with Crippen molar-refractivity contribution < 1.29 is 14.0 Å². The van der Waals surface area contributed by atoms with Crippen molar-refractivity contribution in [1.29, 1.82) is 0 Å². The molecule has 0 aliphatic rings. The molecule has 1 aromatic heterocycles. The van der Waals surface area contributed by atoms with E-state index in [1.54, 1.807) is 54.6 Å². The van der Waals surface area contributed by atoms with E-state index in [4.69, 9.17) is 27.6 Å². The highest BCUT2D eigenvalue weighted by atomic mass is 35.5. The molecule has 5 nitrogen and oxygen atoms in total. The molecule has 0 saturated heterocycles. The summed E-state index contributed by atoms with van der Waals surface area (Å²) in [6, 6.07) is 22.7. The normalized spacial score (nSPS) is 11.2. The van der Waals surface area contributed by atoms with Crippen LogP contribution in [0.2, 0.25) is 10.0 Å². The fourth-order valence-electron chi connectivity index (χ4n) is 3.45. The van der Waals surface area contributed by atoms with E-state index in [0.717, 1.165) is 5.56 Å². The largest absolute Gasteiger partial charge is 0.451 e. The first-order valence-corrected chi connectivity index (χ1v) is 11.7. The van der Waals surface area contributed by atoms with Crippen molar-refractivity contribution in [3.63, 3.8) is 0 Å². The van der Waals surface area contributed by atoms with Gasteiger partial charge < -0.3 is 15.1 Å². The molecule has 0 saturated carbocycles. The molecule has 2 amide bonds. The van der Waals surface area contributed by atoms with Crippen molar-refractivity contribution in [2.24, 2.45) is 0 Å². The molecule has 0 fully saturated rings. The van der Waals surface area contributed by atoms with E-state index >= 15 is 0 Å². The molecule has 0 aliphatic carbocycles. The van der Waals surface area contributed by atoms with Gasteiger partial charge in [0, 0.05) is 27.5 Å². The van der Waals surface area contributed by atoms with Crippen LogP contribution in [0.5, 0.6) is 0 Å². The van der Waals surface area contributed by atoms with Crippen molar-refractivity contribution in [2.45, 2.75) is 26.2 Å². The molecule has 0 aliphatic heterocycles. The Balaban J connectivity index is 1.38. The molecule has 3 aromatic carbocycles. The first kappa shape index (κ1) is 24.6. The SMILES string of the molecule is CC(C)(C)c1ccc(C(=O)Nc2ccc(NC(=O)c3ccc(-c4ccc(Cl)cc4Cl)o3)cc2)cc1. The van der Waals surface area contributed by atoms with Gasteiger partial charge in [-0.3, -0.25) is 9.59 Å². The average Bonchev–Trinajstić information content (AvgIpc) is 3.30. The van der Waals surface area contributed by atoms with E-state index in [1.165, 1.54) is 0 Å². The first-order valence-electron chi connectivity index (χ1n) is 11.0. The van der Waals surface area contributed by atoms with Gasteiger partial charge in [0.15, 0.2) is 5.76 Å². The summed E-state index contributed by atoms with van der Waals surface area (Å²) in [7, 11) is 0. The van der Waals surface area contributed by atoms with Gasteiger partial charge in [-0.1, -0.05) is 56.1 Å². The highest BCUT2D eigenvalue weighted by molar-refractivity contribution is 6.36. The summed E-state index contributed by atoms with van der Waals surface area (Å²) in [6.07, 6.45) is 0. The minimum absolute atomic E-state index is 0.0232. The molecule has 1 heterocycles. The molecule has 0 unspecified atom stereocenters. The standard InChI is InChI=1S/C28H24Cl2N2O3/c1-28(2,3)18-6-4-17(5-7-18)26(33)31-20-9-11-21(12-10-20)32-27(34)25-15-14-24(35-25)22-13-8-19(29)16-23(22)30/h4-16H,1-3H3,(H,31,33)(H,32,34). The number of furan rings is 1. The third-order valence-corrected chi connectivity index (χ3v) is 5.99. The highest BCUT2D eigenvalue weighted by Gasteiger charge is 2.16. The quantitative estimate of drug-likeness (QED) is 0.287. The molecule has 4 rings (SSSR count). The molecular formula is C28H24Cl2N2O3. The van der Waals surface area contributed by atoms with E-state index in [2.05, 4.69) is 31.4 Å².